The van der Waals surface area contributed by atoms with E-state index >= 15 is 0 Å². The predicted molar refractivity (Wildman–Crippen MR) is 124 cm³/mol. The number of nitrogens with zero attached hydrogens (tertiary/aromatic N) is 5. The highest BCUT2D eigenvalue weighted by atomic mass is 35.5. The molecule has 1 amide bonds. The van der Waals surface area contributed by atoms with Crippen molar-refractivity contribution in [3.05, 3.63) is 29.3 Å². The van der Waals surface area contributed by atoms with Crippen LogP contribution in [0.5, 0.6) is 0 Å². The molecule has 0 saturated carbocycles. The van der Waals surface area contributed by atoms with Gasteiger partial charge in [0.2, 0.25) is 11.9 Å². The van der Waals surface area contributed by atoms with Crippen molar-refractivity contribution in [2.24, 2.45) is 5.92 Å². The average Bonchev–Trinajstić information content (AvgIpc) is 3.48. The fraction of sp³-hybridized carbons (Fsp3) is 0.545. The van der Waals surface area contributed by atoms with Crippen LogP contribution in [0.2, 0.25) is 5.02 Å². The Morgan fingerprint density at radius 3 is 2.53 bits per heavy atom. The minimum Gasteiger partial charge on any atom is -0.466 e. The minimum atomic E-state index is -0.156. The lowest BCUT2D eigenvalue weighted by molar-refractivity contribution is -0.151. The molecular formula is C22H28ClN5O3S. The van der Waals surface area contributed by atoms with Crippen molar-refractivity contribution in [3.63, 3.8) is 0 Å². The van der Waals surface area contributed by atoms with E-state index < -0.39 is 0 Å². The molecule has 0 radical (unpaired) electrons. The number of rotatable bonds is 7. The zero-order valence-electron chi connectivity index (χ0n) is 18.2. The van der Waals surface area contributed by atoms with E-state index in [-0.39, 0.29) is 23.5 Å². The maximum absolute atomic E-state index is 12.8. The number of hydrogen-bond acceptors (Lipinski definition) is 7. The SMILES string of the molecule is CCOC(=O)C1CCN(C(=O)CSc2nnc(N3CCCC3)n2-c2ccccc2Cl)CC1. The predicted octanol–water partition coefficient (Wildman–Crippen LogP) is 3.41. The molecule has 2 saturated heterocycles. The number of esters is 1. The van der Waals surface area contributed by atoms with Gasteiger partial charge in [0, 0.05) is 26.2 Å². The first-order chi connectivity index (χ1) is 15.6. The van der Waals surface area contributed by atoms with E-state index in [9.17, 15) is 9.59 Å². The van der Waals surface area contributed by atoms with E-state index in [1.54, 1.807) is 0 Å². The molecule has 4 rings (SSSR count). The third-order valence-corrected chi connectivity index (χ3v) is 7.12. The first-order valence-electron chi connectivity index (χ1n) is 11.1. The molecule has 3 heterocycles. The number of para-hydroxylation sites is 1. The number of aromatic nitrogens is 3. The molecule has 0 atom stereocenters. The molecule has 2 fully saturated rings. The lowest BCUT2D eigenvalue weighted by atomic mass is 9.97. The Morgan fingerprint density at radius 1 is 1.12 bits per heavy atom. The first kappa shape index (κ1) is 22.9. The van der Waals surface area contributed by atoms with Gasteiger partial charge in [-0.3, -0.25) is 14.2 Å². The topological polar surface area (TPSA) is 80.6 Å². The van der Waals surface area contributed by atoms with Crippen molar-refractivity contribution in [2.45, 2.75) is 37.8 Å². The van der Waals surface area contributed by atoms with Crippen molar-refractivity contribution in [2.75, 3.05) is 43.4 Å². The van der Waals surface area contributed by atoms with Crippen LogP contribution >= 0.6 is 23.4 Å². The van der Waals surface area contributed by atoms with Gasteiger partial charge < -0.3 is 14.5 Å². The Bertz CT molecular complexity index is 955. The zero-order chi connectivity index (χ0) is 22.5. The maximum Gasteiger partial charge on any atom is 0.309 e. The van der Waals surface area contributed by atoms with Crippen molar-refractivity contribution >= 4 is 41.2 Å². The Labute approximate surface area is 197 Å². The summed E-state index contributed by atoms with van der Waals surface area (Å²) in [7, 11) is 0. The number of benzene rings is 1. The van der Waals surface area contributed by atoms with Gasteiger partial charge >= 0.3 is 5.97 Å². The molecule has 172 valence electrons. The lowest BCUT2D eigenvalue weighted by Gasteiger charge is -2.30. The number of carbonyl (C=O) groups is 2. The number of anilines is 1. The van der Waals surface area contributed by atoms with Crippen LogP contribution in [-0.4, -0.2) is 70.1 Å². The summed E-state index contributed by atoms with van der Waals surface area (Å²) in [4.78, 5) is 28.8. The number of halogens is 1. The van der Waals surface area contributed by atoms with E-state index in [0.717, 1.165) is 37.6 Å². The molecule has 32 heavy (non-hydrogen) atoms. The van der Waals surface area contributed by atoms with Crippen LogP contribution < -0.4 is 4.90 Å². The molecule has 1 aromatic carbocycles. The Kier molecular flexibility index (Phi) is 7.57. The largest absolute Gasteiger partial charge is 0.466 e. The quantitative estimate of drug-likeness (QED) is 0.446. The van der Waals surface area contributed by atoms with Gasteiger partial charge in [-0.05, 0) is 44.7 Å². The van der Waals surface area contributed by atoms with Crippen LogP contribution in [0.4, 0.5) is 5.95 Å². The first-order valence-corrected chi connectivity index (χ1v) is 12.5. The van der Waals surface area contributed by atoms with Gasteiger partial charge in [-0.25, -0.2) is 0 Å². The molecule has 1 aromatic heterocycles. The molecule has 0 spiro atoms. The highest BCUT2D eigenvalue weighted by Crippen LogP contribution is 2.32. The number of ether oxygens (including phenoxy) is 1. The average molecular weight is 478 g/mol. The summed E-state index contributed by atoms with van der Waals surface area (Å²) in [6.45, 7) is 5.20. The van der Waals surface area contributed by atoms with Crippen LogP contribution in [0.15, 0.2) is 29.4 Å². The van der Waals surface area contributed by atoms with Crippen molar-refractivity contribution in [1.82, 2.24) is 19.7 Å². The molecular weight excluding hydrogens is 450 g/mol. The van der Waals surface area contributed by atoms with Gasteiger partial charge in [-0.2, -0.15) is 0 Å². The number of thioether (sulfide) groups is 1. The molecule has 2 aromatic rings. The highest BCUT2D eigenvalue weighted by molar-refractivity contribution is 7.99. The monoisotopic (exact) mass is 477 g/mol. The lowest BCUT2D eigenvalue weighted by Crippen LogP contribution is -2.41. The molecule has 0 aliphatic carbocycles. The van der Waals surface area contributed by atoms with E-state index in [1.165, 1.54) is 11.8 Å². The Morgan fingerprint density at radius 2 is 1.84 bits per heavy atom. The fourth-order valence-electron chi connectivity index (χ4n) is 4.16. The van der Waals surface area contributed by atoms with Crippen LogP contribution in [0.25, 0.3) is 5.69 Å². The van der Waals surface area contributed by atoms with E-state index in [0.29, 0.717) is 42.7 Å². The van der Waals surface area contributed by atoms with Crippen LogP contribution in [0, 0.1) is 5.92 Å². The number of amides is 1. The van der Waals surface area contributed by atoms with E-state index in [2.05, 4.69) is 15.1 Å². The second-order valence-electron chi connectivity index (χ2n) is 7.96. The van der Waals surface area contributed by atoms with Crippen molar-refractivity contribution in [3.8, 4) is 5.69 Å². The molecule has 0 bridgehead atoms. The summed E-state index contributed by atoms with van der Waals surface area (Å²) < 4.78 is 7.07. The Balaban J connectivity index is 1.44. The third-order valence-electron chi connectivity index (χ3n) is 5.89. The molecule has 2 aliphatic heterocycles. The van der Waals surface area contributed by atoms with Gasteiger partial charge in [0.15, 0.2) is 5.16 Å². The smallest absolute Gasteiger partial charge is 0.309 e. The maximum atomic E-state index is 12.8. The zero-order valence-corrected chi connectivity index (χ0v) is 19.8. The van der Waals surface area contributed by atoms with Gasteiger partial charge in [0.25, 0.3) is 0 Å². The number of likely N-dealkylation sites (tertiary alicyclic amines) is 1. The minimum absolute atomic E-state index is 0.0359. The van der Waals surface area contributed by atoms with Crippen molar-refractivity contribution < 1.29 is 14.3 Å². The molecule has 10 heteroatoms. The molecule has 0 unspecified atom stereocenters. The van der Waals surface area contributed by atoms with Gasteiger partial charge in [-0.1, -0.05) is 35.5 Å². The number of piperidine rings is 1. The second kappa shape index (κ2) is 10.6. The number of carbonyl (C=O) groups excluding carboxylic acids is 2. The van der Waals surface area contributed by atoms with Crippen LogP contribution in [-0.2, 0) is 14.3 Å². The summed E-state index contributed by atoms with van der Waals surface area (Å²) >= 11 is 7.86. The summed E-state index contributed by atoms with van der Waals surface area (Å²) in [5, 5.41) is 10.1. The molecule has 0 N–H and O–H groups in total. The standard InChI is InChI=1S/C22H28ClN5O3S/c1-2-31-20(30)16-9-13-26(14-10-16)19(29)15-32-22-25-24-21(27-11-5-6-12-27)28(22)18-8-4-3-7-17(18)23/h3-4,7-8,16H,2,5-6,9-15H2,1H3. The van der Waals surface area contributed by atoms with Gasteiger partial charge in [-0.15, -0.1) is 10.2 Å². The van der Waals surface area contributed by atoms with Crippen molar-refractivity contribution in [1.29, 1.82) is 0 Å². The van der Waals surface area contributed by atoms with Gasteiger partial charge in [0.1, 0.15) is 0 Å². The van der Waals surface area contributed by atoms with Gasteiger partial charge in [0.05, 0.1) is 29.0 Å². The van der Waals surface area contributed by atoms with E-state index in [1.807, 2.05) is 40.7 Å². The van der Waals surface area contributed by atoms with Crippen LogP contribution in [0.3, 0.4) is 0 Å². The normalized spacial score (nSPS) is 17.1. The highest BCUT2D eigenvalue weighted by Gasteiger charge is 2.29. The van der Waals surface area contributed by atoms with E-state index in [4.69, 9.17) is 16.3 Å². The summed E-state index contributed by atoms with van der Waals surface area (Å²) in [6.07, 6.45) is 3.53. The third kappa shape index (κ3) is 5.04. The Hall–Kier alpha value is -2.26. The summed E-state index contributed by atoms with van der Waals surface area (Å²) in [5.74, 6) is 0.788. The fourth-order valence-corrected chi connectivity index (χ4v) is 5.23. The number of hydrogen-bond donors (Lipinski definition) is 0. The summed E-state index contributed by atoms with van der Waals surface area (Å²) in [5.41, 5.74) is 0.811. The summed E-state index contributed by atoms with van der Waals surface area (Å²) in [6, 6.07) is 7.61. The second-order valence-corrected chi connectivity index (χ2v) is 9.31. The molecule has 8 nitrogen and oxygen atoms in total. The molecule has 2 aliphatic rings. The van der Waals surface area contributed by atoms with Crippen LogP contribution in [0.1, 0.15) is 32.6 Å².